The van der Waals surface area contributed by atoms with Crippen LogP contribution in [0.4, 0.5) is 0 Å². The van der Waals surface area contributed by atoms with Crippen molar-refractivity contribution in [2.75, 3.05) is 18.8 Å². The highest BCUT2D eigenvalue weighted by molar-refractivity contribution is 8.00. The van der Waals surface area contributed by atoms with Crippen LogP contribution >= 0.6 is 11.8 Å². The second-order valence-corrected chi connectivity index (χ2v) is 7.77. The first-order chi connectivity index (χ1) is 12.3. The van der Waals surface area contributed by atoms with Crippen LogP contribution in [0.5, 0.6) is 0 Å². The maximum absolute atomic E-state index is 5.40. The number of nitrogens with one attached hydrogen (secondary N) is 2. The van der Waals surface area contributed by atoms with Gasteiger partial charge >= 0.3 is 0 Å². The molecular formula is C20H27N3OS. The molecule has 134 valence electrons. The third-order valence-corrected chi connectivity index (χ3v) is 5.75. The Hall–Kier alpha value is -1.88. The predicted molar refractivity (Wildman–Crippen MR) is 106 cm³/mol. The van der Waals surface area contributed by atoms with Gasteiger partial charge in [0.25, 0.3) is 0 Å². The average molecular weight is 358 g/mol. The van der Waals surface area contributed by atoms with E-state index in [0.29, 0.717) is 5.25 Å². The summed E-state index contributed by atoms with van der Waals surface area (Å²) in [7, 11) is 0. The van der Waals surface area contributed by atoms with E-state index in [1.165, 1.54) is 24.2 Å². The van der Waals surface area contributed by atoms with Crippen LogP contribution in [0.15, 0.2) is 58.1 Å². The van der Waals surface area contributed by atoms with Crippen molar-refractivity contribution < 1.29 is 4.42 Å². The summed E-state index contributed by atoms with van der Waals surface area (Å²) in [5.74, 6) is 3.15. The van der Waals surface area contributed by atoms with Gasteiger partial charge in [0.15, 0.2) is 5.96 Å². The lowest BCUT2D eigenvalue weighted by Crippen LogP contribution is -2.40. The fourth-order valence-corrected chi connectivity index (χ4v) is 4.10. The van der Waals surface area contributed by atoms with Crippen molar-refractivity contribution in [3.63, 3.8) is 0 Å². The number of furan rings is 1. The number of aliphatic imine (C=N–C) groups is 1. The van der Waals surface area contributed by atoms with Crippen molar-refractivity contribution in [2.24, 2.45) is 4.99 Å². The Morgan fingerprint density at radius 1 is 1.28 bits per heavy atom. The molecule has 2 atom stereocenters. The summed E-state index contributed by atoms with van der Waals surface area (Å²) in [6.07, 6.45) is 5.17. The van der Waals surface area contributed by atoms with E-state index < -0.39 is 0 Å². The van der Waals surface area contributed by atoms with Crippen molar-refractivity contribution in [1.29, 1.82) is 0 Å². The first-order valence-corrected chi connectivity index (χ1v) is 10.1. The molecule has 1 fully saturated rings. The molecule has 4 nitrogen and oxygen atoms in total. The van der Waals surface area contributed by atoms with E-state index in [0.717, 1.165) is 31.2 Å². The molecule has 1 aromatic heterocycles. The molecular weight excluding hydrogens is 330 g/mol. The number of nitrogens with zero attached hydrogens (tertiary/aromatic N) is 1. The maximum Gasteiger partial charge on any atom is 0.191 e. The molecule has 1 saturated heterocycles. The number of hydrogen-bond acceptors (Lipinski definition) is 3. The van der Waals surface area contributed by atoms with Gasteiger partial charge in [0.2, 0.25) is 0 Å². The largest absolute Gasteiger partial charge is 0.469 e. The van der Waals surface area contributed by atoms with E-state index in [9.17, 15) is 0 Å². The van der Waals surface area contributed by atoms with Crippen LogP contribution < -0.4 is 10.6 Å². The summed E-state index contributed by atoms with van der Waals surface area (Å²) in [5, 5.41) is 7.65. The zero-order chi connectivity index (χ0) is 17.3. The fourth-order valence-electron chi connectivity index (χ4n) is 2.92. The molecule has 1 aliphatic heterocycles. The molecule has 2 heterocycles. The van der Waals surface area contributed by atoms with Gasteiger partial charge in [0.05, 0.1) is 18.8 Å². The highest BCUT2D eigenvalue weighted by atomic mass is 32.2. The SMILES string of the molecule is CC(NC(=NCC1CCCS1)NCCc1ccco1)c1ccccc1. The highest BCUT2D eigenvalue weighted by Crippen LogP contribution is 2.26. The topological polar surface area (TPSA) is 49.6 Å². The van der Waals surface area contributed by atoms with Crippen molar-refractivity contribution in [2.45, 2.75) is 37.5 Å². The molecule has 0 bridgehead atoms. The Bertz CT molecular complexity index is 636. The van der Waals surface area contributed by atoms with Gasteiger partial charge in [-0.15, -0.1) is 0 Å². The van der Waals surface area contributed by atoms with E-state index in [-0.39, 0.29) is 6.04 Å². The summed E-state index contributed by atoms with van der Waals surface area (Å²) in [6, 6.07) is 14.6. The van der Waals surface area contributed by atoms with Gasteiger partial charge in [0, 0.05) is 18.2 Å². The van der Waals surface area contributed by atoms with Gasteiger partial charge in [-0.1, -0.05) is 30.3 Å². The molecule has 3 rings (SSSR count). The quantitative estimate of drug-likeness (QED) is 0.580. The molecule has 5 heteroatoms. The van der Waals surface area contributed by atoms with Gasteiger partial charge in [0.1, 0.15) is 5.76 Å². The summed E-state index contributed by atoms with van der Waals surface area (Å²) in [5.41, 5.74) is 1.26. The average Bonchev–Trinajstić information content (AvgIpc) is 3.34. The molecule has 1 aliphatic rings. The Kier molecular flexibility index (Phi) is 6.86. The molecule has 0 radical (unpaired) electrons. The van der Waals surface area contributed by atoms with E-state index in [4.69, 9.17) is 9.41 Å². The van der Waals surface area contributed by atoms with Crippen LogP contribution in [-0.4, -0.2) is 30.1 Å². The maximum atomic E-state index is 5.40. The molecule has 0 aliphatic carbocycles. The monoisotopic (exact) mass is 357 g/mol. The lowest BCUT2D eigenvalue weighted by atomic mass is 10.1. The third-order valence-electron chi connectivity index (χ3n) is 4.37. The molecule has 2 N–H and O–H groups in total. The van der Waals surface area contributed by atoms with Crippen molar-refractivity contribution >= 4 is 17.7 Å². The van der Waals surface area contributed by atoms with Gasteiger partial charge in [-0.3, -0.25) is 4.99 Å². The van der Waals surface area contributed by atoms with E-state index in [2.05, 4.69) is 41.8 Å². The summed E-state index contributed by atoms with van der Waals surface area (Å²) in [4.78, 5) is 4.83. The Balaban J connectivity index is 1.57. The molecule has 1 aromatic carbocycles. The first-order valence-electron chi connectivity index (χ1n) is 9.05. The van der Waals surface area contributed by atoms with Crippen LogP contribution in [-0.2, 0) is 6.42 Å². The number of benzene rings is 1. The molecule has 0 amide bonds. The summed E-state index contributed by atoms with van der Waals surface area (Å²) < 4.78 is 5.40. The van der Waals surface area contributed by atoms with Crippen LogP contribution in [0.3, 0.4) is 0 Å². The fraction of sp³-hybridized carbons (Fsp3) is 0.450. The number of hydrogen-bond donors (Lipinski definition) is 2. The lowest BCUT2D eigenvalue weighted by Gasteiger charge is -2.19. The Labute approximate surface area is 154 Å². The Morgan fingerprint density at radius 2 is 2.16 bits per heavy atom. The number of thioether (sulfide) groups is 1. The van der Waals surface area contributed by atoms with E-state index >= 15 is 0 Å². The van der Waals surface area contributed by atoms with Crippen LogP contribution in [0.1, 0.15) is 37.1 Å². The molecule has 0 saturated carbocycles. The molecule has 25 heavy (non-hydrogen) atoms. The minimum absolute atomic E-state index is 0.215. The van der Waals surface area contributed by atoms with E-state index in [1.54, 1.807) is 6.26 Å². The summed E-state index contributed by atoms with van der Waals surface area (Å²) in [6.45, 7) is 3.85. The predicted octanol–water partition coefficient (Wildman–Crippen LogP) is 4.01. The minimum Gasteiger partial charge on any atom is -0.469 e. The van der Waals surface area contributed by atoms with Gasteiger partial charge in [-0.2, -0.15) is 11.8 Å². The van der Waals surface area contributed by atoms with Gasteiger partial charge in [-0.25, -0.2) is 0 Å². The van der Waals surface area contributed by atoms with E-state index in [1.807, 2.05) is 30.0 Å². The second kappa shape index (κ2) is 9.56. The second-order valence-electron chi connectivity index (χ2n) is 6.36. The van der Waals surface area contributed by atoms with Gasteiger partial charge in [-0.05, 0) is 43.2 Å². The third kappa shape index (κ3) is 5.85. The lowest BCUT2D eigenvalue weighted by molar-refractivity contribution is 0.506. The van der Waals surface area contributed by atoms with Crippen LogP contribution in [0.2, 0.25) is 0 Å². The molecule has 0 spiro atoms. The van der Waals surface area contributed by atoms with Crippen LogP contribution in [0.25, 0.3) is 0 Å². The normalized spacial score (nSPS) is 18.9. The van der Waals surface area contributed by atoms with Crippen molar-refractivity contribution in [3.8, 4) is 0 Å². The molecule has 2 aromatic rings. The number of guanidine groups is 1. The summed E-state index contributed by atoms with van der Waals surface area (Å²) >= 11 is 2.04. The van der Waals surface area contributed by atoms with Gasteiger partial charge < -0.3 is 15.1 Å². The van der Waals surface area contributed by atoms with Crippen LogP contribution in [0, 0.1) is 0 Å². The molecule has 2 unspecified atom stereocenters. The van der Waals surface area contributed by atoms with Crippen molar-refractivity contribution in [3.05, 3.63) is 60.1 Å². The first kappa shape index (κ1) is 17.9. The highest BCUT2D eigenvalue weighted by Gasteiger charge is 2.15. The van der Waals surface area contributed by atoms with Crippen molar-refractivity contribution in [1.82, 2.24) is 10.6 Å². The zero-order valence-electron chi connectivity index (χ0n) is 14.8. The zero-order valence-corrected chi connectivity index (χ0v) is 15.6. The standard InChI is InChI=1S/C20H27N3OS/c1-16(17-7-3-2-4-8-17)23-20(22-15-19-10-6-14-25-19)21-12-11-18-9-5-13-24-18/h2-5,7-9,13,16,19H,6,10-12,14-15H2,1H3,(H2,21,22,23). The number of rotatable bonds is 7. The smallest absolute Gasteiger partial charge is 0.191 e. The minimum atomic E-state index is 0.215. The Morgan fingerprint density at radius 3 is 2.88 bits per heavy atom.